The molecule has 0 spiro atoms. The zero-order valence-electron chi connectivity index (χ0n) is 12.1. The Labute approximate surface area is 121 Å². The van der Waals surface area contributed by atoms with Crippen molar-refractivity contribution in [3.63, 3.8) is 0 Å². The van der Waals surface area contributed by atoms with Crippen molar-refractivity contribution in [3.05, 3.63) is 29.8 Å². The fourth-order valence-electron chi connectivity index (χ4n) is 3.61. The molecule has 3 fully saturated rings. The second kappa shape index (κ2) is 5.38. The Kier molecular flexibility index (Phi) is 3.41. The highest BCUT2D eigenvalue weighted by Crippen LogP contribution is 2.36. The molecule has 3 nitrogen and oxygen atoms in total. The van der Waals surface area contributed by atoms with E-state index in [2.05, 4.69) is 34.1 Å². The lowest BCUT2D eigenvalue weighted by atomic mass is 9.98. The summed E-state index contributed by atoms with van der Waals surface area (Å²) in [6.07, 6.45) is 4.21. The second-order valence-electron chi connectivity index (χ2n) is 6.40. The van der Waals surface area contributed by atoms with Gasteiger partial charge in [-0.25, -0.2) is 0 Å². The minimum absolute atomic E-state index is 0.759. The van der Waals surface area contributed by atoms with Crippen LogP contribution in [0.5, 0.6) is 0 Å². The topological polar surface area (TPSA) is 15.7 Å². The number of nitrogens with zero attached hydrogens (tertiary/aromatic N) is 2. The summed E-state index contributed by atoms with van der Waals surface area (Å²) < 4.78 is 5.42. The lowest BCUT2D eigenvalue weighted by molar-refractivity contribution is 0.122. The number of hydrogen-bond donors (Lipinski definition) is 0. The molecule has 0 aromatic heterocycles. The van der Waals surface area contributed by atoms with E-state index in [1.807, 2.05) is 0 Å². The van der Waals surface area contributed by atoms with Gasteiger partial charge in [0.25, 0.3) is 0 Å². The Balaban J connectivity index is 1.41. The third-order valence-electron chi connectivity index (χ3n) is 5.02. The minimum Gasteiger partial charge on any atom is -0.378 e. The highest BCUT2D eigenvalue weighted by molar-refractivity contribution is 5.48. The van der Waals surface area contributed by atoms with Crippen molar-refractivity contribution in [2.45, 2.75) is 31.2 Å². The molecule has 1 atom stereocenters. The Bertz CT molecular complexity index is 449. The summed E-state index contributed by atoms with van der Waals surface area (Å²) in [4.78, 5) is 5.12. The molecule has 4 rings (SSSR count). The van der Waals surface area contributed by atoms with Crippen molar-refractivity contribution >= 4 is 5.69 Å². The maximum atomic E-state index is 5.42. The van der Waals surface area contributed by atoms with Gasteiger partial charge in [-0.3, -0.25) is 4.90 Å². The van der Waals surface area contributed by atoms with Crippen LogP contribution in [-0.2, 0) is 4.74 Å². The number of morpholine rings is 1. The molecule has 1 aliphatic carbocycles. The first kappa shape index (κ1) is 12.7. The van der Waals surface area contributed by atoms with Gasteiger partial charge in [-0.1, -0.05) is 12.1 Å². The first-order valence-corrected chi connectivity index (χ1v) is 8.07. The van der Waals surface area contributed by atoms with Gasteiger partial charge in [-0.2, -0.15) is 0 Å². The quantitative estimate of drug-likeness (QED) is 0.841. The molecule has 0 bridgehead atoms. The fourth-order valence-corrected chi connectivity index (χ4v) is 3.61. The van der Waals surface area contributed by atoms with E-state index in [1.165, 1.54) is 43.6 Å². The number of benzene rings is 1. The monoisotopic (exact) mass is 272 g/mol. The Morgan fingerprint density at radius 2 is 1.65 bits per heavy atom. The molecule has 0 amide bonds. The first-order chi connectivity index (χ1) is 9.90. The zero-order valence-corrected chi connectivity index (χ0v) is 12.1. The van der Waals surface area contributed by atoms with Crippen LogP contribution in [0.3, 0.4) is 0 Å². The fraction of sp³-hybridized carbons (Fsp3) is 0.647. The maximum Gasteiger partial charge on any atom is 0.0642 e. The van der Waals surface area contributed by atoms with Crippen LogP contribution < -0.4 is 4.90 Å². The predicted octanol–water partition coefficient (Wildman–Crippen LogP) is 2.47. The lowest BCUT2D eigenvalue weighted by Gasteiger charge is -2.29. The van der Waals surface area contributed by atoms with Crippen molar-refractivity contribution in [2.75, 3.05) is 44.3 Å². The largest absolute Gasteiger partial charge is 0.378 e. The molecule has 108 valence electrons. The number of rotatable bonds is 3. The summed E-state index contributed by atoms with van der Waals surface area (Å²) in [7, 11) is 0. The predicted molar refractivity (Wildman–Crippen MR) is 81.4 cm³/mol. The van der Waals surface area contributed by atoms with Crippen LogP contribution in [0, 0.1) is 0 Å². The summed E-state index contributed by atoms with van der Waals surface area (Å²) >= 11 is 0. The van der Waals surface area contributed by atoms with Crippen LogP contribution in [-0.4, -0.2) is 50.3 Å². The molecule has 0 N–H and O–H groups in total. The summed E-state index contributed by atoms with van der Waals surface area (Å²) in [6.45, 7) is 6.36. The smallest absolute Gasteiger partial charge is 0.0642 e. The molecule has 2 heterocycles. The van der Waals surface area contributed by atoms with Gasteiger partial charge in [0.05, 0.1) is 13.2 Å². The molecule has 3 aliphatic rings. The van der Waals surface area contributed by atoms with Crippen LogP contribution in [0.15, 0.2) is 24.3 Å². The molecule has 1 unspecified atom stereocenters. The molecule has 1 aromatic rings. The van der Waals surface area contributed by atoms with Crippen LogP contribution in [0.4, 0.5) is 5.69 Å². The van der Waals surface area contributed by atoms with Crippen molar-refractivity contribution in [2.24, 2.45) is 0 Å². The highest BCUT2D eigenvalue weighted by atomic mass is 16.5. The van der Waals surface area contributed by atoms with Crippen molar-refractivity contribution in [3.8, 4) is 0 Å². The summed E-state index contributed by atoms with van der Waals surface area (Å²) in [6, 6.07) is 10.2. The van der Waals surface area contributed by atoms with E-state index < -0.39 is 0 Å². The van der Waals surface area contributed by atoms with Gasteiger partial charge in [0.1, 0.15) is 0 Å². The van der Waals surface area contributed by atoms with E-state index in [-0.39, 0.29) is 0 Å². The number of likely N-dealkylation sites (tertiary alicyclic amines) is 1. The number of ether oxygens (including phenoxy) is 1. The molecular formula is C17H24N2O. The molecule has 1 aromatic carbocycles. The molecular weight excluding hydrogens is 248 g/mol. The Morgan fingerprint density at radius 1 is 0.900 bits per heavy atom. The summed E-state index contributed by atoms with van der Waals surface area (Å²) in [5.74, 6) is 0.759. The molecule has 2 saturated heterocycles. The third-order valence-corrected chi connectivity index (χ3v) is 5.02. The van der Waals surface area contributed by atoms with Gasteiger partial charge in [-0.15, -0.1) is 0 Å². The number of hydrogen-bond acceptors (Lipinski definition) is 3. The number of anilines is 1. The average Bonchev–Trinajstić information content (AvgIpc) is 3.26. The Morgan fingerprint density at radius 3 is 2.35 bits per heavy atom. The van der Waals surface area contributed by atoms with Crippen LogP contribution >= 0.6 is 0 Å². The molecule has 3 heteroatoms. The Hall–Kier alpha value is -1.06. The van der Waals surface area contributed by atoms with E-state index in [1.54, 1.807) is 0 Å². The van der Waals surface area contributed by atoms with E-state index in [4.69, 9.17) is 4.74 Å². The zero-order chi connectivity index (χ0) is 13.4. The molecule has 1 saturated carbocycles. The van der Waals surface area contributed by atoms with E-state index >= 15 is 0 Å². The van der Waals surface area contributed by atoms with E-state index in [0.29, 0.717) is 0 Å². The average molecular weight is 272 g/mol. The normalized spacial score (nSPS) is 28.0. The standard InChI is InChI=1S/C17H24N2O/c1-3-16(18-9-11-20-12-10-18)4-2-14(1)15-7-8-19(13-15)17-5-6-17/h1-4,15,17H,5-13H2. The molecule has 2 aliphatic heterocycles. The van der Waals surface area contributed by atoms with E-state index in [0.717, 1.165) is 38.3 Å². The highest BCUT2D eigenvalue weighted by Gasteiger charge is 2.34. The molecule has 20 heavy (non-hydrogen) atoms. The summed E-state index contributed by atoms with van der Waals surface area (Å²) in [5, 5.41) is 0. The maximum absolute atomic E-state index is 5.42. The van der Waals surface area contributed by atoms with Gasteiger partial charge in [0, 0.05) is 31.4 Å². The third kappa shape index (κ3) is 2.57. The lowest BCUT2D eigenvalue weighted by Crippen LogP contribution is -2.36. The van der Waals surface area contributed by atoms with Crippen molar-refractivity contribution in [1.82, 2.24) is 4.90 Å². The van der Waals surface area contributed by atoms with E-state index in [9.17, 15) is 0 Å². The van der Waals surface area contributed by atoms with Crippen LogP contribution in [0.25, 0.3) is 0 Å². The van der Waals surface area contributed by atoms with Gasteiger partial charge in [0.2, 0.25) is 0 Å². The molecule has 0 radical (unpaired) electrons. The van der Waals surface area contributed by atoms with Gasteiger partial charge >= 0.3 is 0 Å². The second-order valence-corrected chi connectivity index (χ2v) is 6.40. The first-order valence-electron chi connectivity index (χ1n) is 8.07. The van der Waals surface area contributed by atoms with Crippen LogP contribution in [0.1, 0.15) is 30.7 Å². The van der Waals surface area contributed by atoms with Gasteiger partial charge < -0.3 is 9.64 Å². The van der Waals surface area contributed by atoms with Gasteiger partial charge in [-0.05, 0) is 49.4 Å². The van der Waals surface area contributed by atoms with Crippen molar-refractivity contribution in [1.29, 1.82) is 0 Å². The minimum atomic E-state index is 0.759. The summed E-state index contributed by atoms with van der Waals surface area (Å²) in [5.41, 5.74) is 2.89. The van der Waals surface area contributed by atoms with Crippen LogP contribution in [0.2, 0.25) is 0 Å². The SMILES string of the molecule is c1cc(N2CCOCC2)ccc1C1CCN(C2CC2)C1. The van der Waals surface area contributed by atoms with Gasteiger partial charge in [0.15, 0.2) is 0 Å². The van der Waals surface area contributed by atoms with Crippen molar-refractivity contribution < 1.29 is 4.74 Å².